The van der Waals surface area contributed by atoms with E-state index in [4.69, 9.17) is 11.6 Å². The first-order chi connectivity index (χ1) is 10.3. The van der Waals surface area contributed by atoms with E-state index in [1.807, 2.05) is 10.8 Å². The zero-order valence-electron chi connectivity index (χ0n) is 12.2. The van der Waals surface area contributed by atoms with E-state index in [0.29, 0.717) is 11.8 Å². The number of anilines is 1. The molecule has 2 aromatic heterocycles. The molecular weight excluding hydrogens is 288 g/mol. The van der Waals surface area contributed by atoms with Gasteiger partial charge in [0, 0.05) is 32.0 Å². The fourth-order valence-corrected chi connectivity index (χ4v) is 2.77. The quantitative estimate of drug-likeness (QED) is 0.869. The Hall–Kier alpha value is -1.69. The Bertz CT molecular complexity index is 605. The van der Waals surface area contributed by atoms with Gasteiger partial charge in [-0.25, -0.2) is 4.98 Å². The lowest BCUT2D eigenvalue weighted by Gasteiger charge is -2.26. The predicted molar refractivity (Wildman–Crippen MR) is 82.4 cm³/mol. The summed E-state index contributed by atoms with van der Waals surface area (Å²) in [5.41, 5.74) is 0. The summed E-state index contributed by atoms with van der Waals surface area (Å²) in [5, 5.41) is 0.228. The molecule has 3 rings (SSSR count). The molecule has 7 heteroatoms. The maximum atomic E-state index is 6.09. The molecule has 0 radical (unpaired) electrons. The summed E-state index contributed by atoms with van der Waals surface area (Å²) in [5.74, 6) is 1.96. The van der Waals surface area contributed by atoms with Gasteiger partial charge in [0.1, 0.15) is 0 Å². The zero-order chi connectivity index (χ0) is 14.7. The highest BCUT2D eigenvalue weighted by Crippen LogP contribution is 2.21. The summed E-state index contributed by atoms with van der Waals surface area (Å²) in [6.07, 6.45) is 8.34. The molecule has 21 heavy (non-hydrogen) atoms. The summed E-state index contributed by atoms with van der Waals surface area (Å²) >= 11 is 6.09. The molecule has 112 valence electrons. The standard InChI is InChI=1S/C14H19ClN6/c1-2-7-20-10-6-16-12(20)11-17-13(15)19-14(18-11)21-8-4-3-5-9-21/h6,10H,2-5,7-9H2,1H3. The molecule has 0 atom stereocenters. The lowest BCUT2D eigenvalue weighted by molar-refractivity contribution is 0.567. The van der Waals surface area contributed by atoms with E-state index in [9.17, 15) is 0 Å². The molecule has 0 unspecified atom stereocenters. The Morgan fingerprint density at radius 3 is 2.71 bits per heavy atom. The van der Waals surface area contributed by atoms with Gasteiger partial charge in [0.15, 0.2) is 5.82 Å². The average Bonchev–Trinajstić information content (AvgIpc) is 2.96. The average molecular weight is 307 g/mol. The van der Waals surface area contributed by atoms with Crippen LogP contribution in [0.3, 0.4) is 0 Å². The summed E-state index contributed by atoms with van der Waals surface area (Å²) in [4.78, 5) is 19.6. The van der Waals surface area contributed by atoms with Crippen LogP contribution < -0.4 is 4.90 Å². The van der Waals surface area contributed by atoms with Crippen molar-refractivity contribution in [3.05, 3.63) is 17.7 Å². The van der Waals surface area contributed by atoms with E-state index in [-0.39, 0.29) is 5.28 Å². The van der Waals surface area contributed by atoms with Crippen LogP contribution in [0.5, 0.6) is 0 Å². The lowest BCUT2D eigenvalue weighted by atomic mass is 10.1. The highest BCUT2D eigenvalue weighted by atomic mass is 35.5. The summed E-state index contributed by atoms with van der Waals surface area (Å²) in [6, 6.07) is 0. The maximum Gasteiger partial charge on any atom is 0.230 e. The SMILES string of the molecule is CCCn1ccnc1-c1nc(Cl)nc(N2CCCCC2)n1. The van der Waals surface area contributed by atoms with Crippen LogP contribution >= 0.6 is 11.6 Å². The molecule has 0 aromatic carbocycles. The van der Waals surface area contributed by atoms with Crippen molar-refractivity contribution in [2.75, 3.05) is 18.0 Å². The smallest absolute Gasteiger partial charge is 0.230 e. The molecule has 6 nitrogen and oxygen atoms in total. The van der Waals surface area contributed by atoms with Gasteiger partial charge in [-0.3, -0.25) is 0 Å². The van der Waals surface area contributed by atoms with Crippen LogP contribution in [0.1, 0.15) is 32.6 Å². The number of imidazole rings is 1. The molecule has 0 saturated carbocycles. The number of aromatic nitrogens is 5. The van der Waals surface area contributed by atoms with Crippen molar-refractivity contribution in [3.8, 4) is 11.6 Å². The van der Waals surface area contributed by atoms with Gasteiger partial charge in [-0.15, -0.1) is 0 Å². The van der Waals surface area contributed by atoms with Crippen LogP contribution in [0.2, 0.25) is 5.28 Å². The Morgan fingerprint density at radius 2 is 1.95 bits per heavy atom. The molecule has 0 N–H and O–H groups in total. The van der Waals surface area contributed by atoms with E-state index >= 15 is 0 Å². The Kier molecular flexibility index (Phi) is 4.34. The van der Waals surface area contributed by atoms with E-state index in [2.05, 4.69) is 31.8 Å². The number of rotatable bonds is 4. The van der Waals surface area contributed by atoms with Gasteiger partial charge >= 0.3 is 0 Å². The van der Waals surface area contributed by atoms with Gasteiger partial charge in [-0.2, -0.15) is 15.0 Å². The third kappa shape index (κ3) is 3.15. The molecule has 0 spiro atoms. The van der Waals surface area contributed by atoms with Crippen molar-refractivity contribution in [2.45, 2.75) is 39.2 Å². The van der Waals surface area contributed by atoms with Crippen LogP contribution in [-0.4, -0.2) is 37.6 Å². The molecule has 1 aliphatic heterocycles. The van der Waals surface area contributed by atoms with E-state index < -0.39 is 0 Å². The number of halogens is 1. The molecule has 1 saturated heterocycles. The van der Waals surface area contributed by atoms with Gasteiger partial charge in [-0.05, 0) is 37.3 Å². The summed E-state index contributed by atoms with van der Waals surface area (Å²) in [7, 11) is 0. The molecule has 0 amide bonds. The van der Waals surface area contributed by atoms with Crippen LogP contribution in [0.25, 0.3) is 11.6 Å². The Morgan fingerprint density at radius 1 is 1.14 bits per heavy atom. The molecule has 0 bridgehead atoms. The Labute approximate surface area is 129 Å². The molecule has 2 aromatic rings. The minimum atomic E-state index is 0.228. The van der Waals surface area contributed by atoms with E-state index in [0.717, 1.165) is 31.9 Å². The molecule has 0 aliphatic carbocycles. The highest BCUT2D eigenvalue weighted by molar-refractivity contribution is 6.28. The van der Waals surface area contributed by atoms with Gasteiger partial charge in [0.05, 0.1) is 0 Å². The number of piperidine rings is 1. The van der Waals surface area contributed by atoms with Gasteiger partial charge in [0.25, 0.3) is 0 Å². The van der Waals surface area contributed by atoms with Crippen molar-refractivity contribution in [2.24, 2.45) is 0 Å². The van der Waals surface area contributed by atoms with Crippen LogP contribution in [0.4, 0.5) is 5.95 Å². The van der Waals surface area contributed by atoms with Crippen molar-refractivity contribution >= 4 is 17.5 Å². The fraction of sp³-hybridized carbons (Fsp3) is 0.571. The number of hydrogen-bond acceptors (Lipinski definition) is 5. The molecule has 3 heterocycles. The van der Waals surface area contributed by atoms with Crippen LogP contribution in [0, 0.1) is 0 Å². The molecule has 1 fully saturated rings. The van der Waals surface area contributed by atoms with Gasteiger partial charge in [0.2, 0.25) is 17.1 Å². The first-order valence-corrected chi connectivity index (χ1v) is 7.83. The van der Waals surface area contributed by atoms with Gasteiger partial charge in [-0.1, -0.05) is 6.92 Å². The molecule has 1 aliphatic rings. The topological polar surface area (TPSA) is 59.7 Å². The van der Waals surface area contributed by atoms with E-state index in [1.165, 1.54) is 19.3 Å². The number of aryl methyl sites for hydroxylation is 1. The summed E-state index contributed by atoms with van der Waals surface area (Å²) < 4.78 is 2.05. The Balaban J connectivity index is 1.95. The van der Waals surface area contributed by atoms with Crippen molar-refractivity contribution < 1.29 is 0 Å². The lowest BCUT2D eigenvalue weighted by Crippen LogP contribution is -2.31. The first-order valence-electron chi connectivity index (χ1n) is 7.46. The normalized spacial score (nSPS) is 15.4. The third-order valence-corrected chi connectivity index (χ3v) is 3.78. The third-order valence-electron chi connectivity index (χ3n) is 3.62. The predicted octanol–water partition coefficient (Wildman–Crippen LogP) is 2.79. The van der Waals surface area contributed by atoms with Crippen molar-refractivity contribution in [1.82, 2.24) is 24.5 Å². The minimum absolute atomic E-state index is 0.228. The summed E-state index contributed by atoms with van der Waals surface area (Å²) in [6.45, 7) is 4.97. The van der Waals surface area contributed by atoms with E-state index in [1.54, 1.807) is 6.20 Å². The van der Waals surface area contributed by atoms with Crippen molar-refractivity contribution in [3.63, 3.8) is 0 Å². The van der Waals surface area contributed by atoms with Crippen LogP contribution in [-0.2, 0) is 6.54 Å². The highest BCUT2D eigenvalue weighted by Gasteiger charge is 2.18. The zero-order valence-corrected chi connectivity index (χ0v) is 12.9. The van der Waals surface area contributed by atoms with Crippen molar-refractivity contribution in [1.29, 1.82) is 0 Å². The van der Waals surface area contributed by atoms with Crippen LogP contribution in [0.15, 0.2) is 12.4 Å². The largest absolute Gasteiger partial charge is 0.341 e. The second-order valence-electron chi connectivity index (χ2n) is 5.22. The monoisotopic (exact) mass is 306 g/mol. The first kappa shape index (κ1) is 14.3. The fourth-order valence-electron chi connectivity index (χ4n) is 2.61. The minimum Gasteiger partial charge on any atom is -0.341 e. The maximum absolute atomic E-state index is 6.09. The molecular formula is C14H19ClN6. The second-order valence-corrected chi connectivity index (χ2v) is 5.56. The second kappa shape index (κ2) is 6.39. The number of nitrogens with zero attached hydrogens (tertiary/aromatic N) is 6. The van der Waals surface area contributed by atoms with Gasteiger partial charge < -0.3 is 9.47 Å². The number of hydrogen-bond donors (Lipinski definition) is 0.